The van der Waals surface area contributed by atoms with Crippen LogP contribution in [0.15, 0.2) is 29.4 Å². The summed E-state index contributed by atoms with van der Waals surface area (Å²) in [7, 11) is 1.95. The lowest BCUT2D eigenvalue weighted by atomic mass is 10.3. The van der Waals surface area contributed by atoms with Crippen LogP contribution in [0.25, 0.3) is 0 Å². The number of thioether (sulfide) groups is 1. The Hall–Kier alpha value is -1.00. The van der Waals surface area contributed by atoms with Crippen LogP contribution in [-0.2, 0) is 12.8 Å². The van der Waals surface area contributed by atoms with Crippen LogP contribution >= 0.6 is 23.4 Å². The van der Waals surface area contributed by atoms with Gasteiger partial charge in [0.25, 0.3) is 0 Å². The maximum absolute atomic E-state index is 5.73. The van der Waals surface area contributed by atoms with Crippen molar-refractivity contribution in [3.8, 4) is 0 Å². The van der Waals surface area contributed by atoms with Gasteiger partial charge in [-0.25, -0.2) is 4.98 Å². The van der Waals surface area contributed by atoms with Gasteiger partial charge >= 0.3 is 0 Å². The highest BCUT2D eigenvalue weighted by molar-refractivity contribution is 7.98. The molecule has 0 saturated heterocycles. The zero-order valence-corrected chi connectivity index (χ0v) is 10.7. The first-order valence-electron chi connectivity index (χ1n) is 4.89. The monoisotopic (exact) mass is 253 g/mol. The Morgan fingerprint density at radius 2 is 2.25 bits per heavy atom. The summed E-state index contributed by atoms with van der Waals surface area (Å²) in [4.78, 5) is 4.05. The van der Waals surface area contributed by atoms with Crippen LogP contribution in [0, 0.1) is 6.92 Å². The molecule has 0 aliphatic heterocycles. The minimum atomic E-state index is 0.533. The highest BCUT2D eigenvalue weighted by Gasteiger charge is 2.03. The number of pyridine rings is 1. The van der Waals surface area contributed by atoms with Crippen molar-refractivity contribution in [1.82, 2.24) is 14.8 Å². The van der Waals surface area contributed by atoms with E-state index >= 15 is 0 Å². The van der Waals surface area contributed by atoms with E-state index in [0.717, 1.165) is 22.0 Å². The summed E-state index contributed by atoms with van der Waals surface area (Å²) in [6.45, 7) is 1.99. The summed E-state index contributed by atoms with van der Waals surface area (Å²) in [6, 6.07) is 5.88. The largest absolute Gasteiger partial charge is 0.262 e. The molecule has 16 heavy (non-hydrogen) atoms. The van der Waals surface area contributed by atoms with Crippen LogP contribution in [-0.4, -0.2) is 14.8 Å². The zero-order valence-electron chi connectivity index (χ0n) is 9.14. The van der Waals surface area contributed by atoms with E-state index in [2.05, 4.69) is 16.1 Å². The molecule has 0 atom stereocenters. The van der Waals surface area contributed by atoms with Crippen molar-refractivity contribution >= 4 is 23.4 Å². The molecule has 0 aliphatic carbocycles. The number of hydrogen-bond donors (Lipinski definition) is 0. The molecule has 0 spiro atoms. The van der Waals surface area contributed by atoms with E-state index in [-0.39, 0.29) is 0 Å². The van der Waals surface area contributed by atoms with Crippen LogP contribution in [0.4, 0.5) is 0 Å². The summed E-state index contributed by atoms with van der Waals surface area (Å²) in [5.74, 6) is 0.878. The normalized spacial score (nSPS) is 10.7. The molecule has 5 heteroatoms. The van der Waals surface area contributed by atoms with Gasteiger partial charge in [-0.3, -0.25) is 4.68 Å². The van der Waals surface area contributed by atoms with Crippen LogP contribution in [0.3, 0.4) is 0 Å². The second-order valence-electron chi connectivity index (χ2n) is 3.53. The van der Waals surface area contributed by atoms with Crippen molar-refractivity contribution in [2.75, 3.05) is 0 Å². The molecule has 0 fully saturated rings. The van der Waals surface area contributed by atoms with Gasteiger partial charge in [-0.05, 0) is 24.6 Å². The number of hydrogen-bond acceptors (Lipinski definition) is 3. The SMILES string of the molecule is Cc1cc(SCc2ccc(Cl)nc2)n(C)n1. The smallest absolute Gasteiger partial charge is 0.129 e. The van der Waals surface area contributed by atoms with E-state index in [4.69, 9.17) is 11.6 Å². The van der Waals surface area contributed by atoms with Gasteiger partial charge in [0.1, 0.15) is 5.15 Å². The van der Waals surface area contributed by atoms with Gasteiger partial charge in [0.2, 0.25) is 0 Å². The molecule has 0 N–H and O–H groups in total. The summed E-state index contributed by atoms with van der Waals surface area (Å²) < 4.78 is 1.89. The minimum Gasteiger partial charge on any atom is -0.262 e. The van der Waals surface area contributed by atoms with Gasteiger partial charge in [-0.2, -0.15) is 5.10 Å². The van der Waals surface area contributed by atoms with E-state index in [1.807, 2.05) is 30.8 Å². The Balaban J connectivity index is 2.02. The molecule has 0 aliphatic rings. The predicted molar refractivity (Wildman–Crippen MR) is 66.8 cm³/mol. The topological polar surface area (TPSA) is 30.7 Å². The molecule has 3 nitrogen and oxygen atoms in total. The van der Waals surface area contributed by atoms with Crippen LogP contribution in [0.5, 0.6) is 0 Å². The summed E-state index contributed by atoms with van der Waals surface area (Å²) in [5.41, 5.74) is 2.20. The molecule has 0 amide bonds. The van der Waals surface area contributed by atoms with Gasteiger partial charge < -0.3 is 0 Å². The third kappa shape index (κ3) is 2.77. The van der Waals surface area contributed by atoms with E-state index in [0.29, 0.717) is 5.15 Å². The fraction of sp³-hybridized carbons (Fsp3) is 0.273. The Bertz CT molecular complexity index is 478. The predicted octanol–water partition coefficient (Wildman–Crippen LogP) is 3.07. The van der Waals surface area contributed by atoms with Gasteiger partial charge in [-0.15, -0.1) is 11.8 Å². The first kappa shape index (κ1) is 11.5. The van der Waals surface area contributed by atoms with Gasteiger partial charge in [0.05, 0.1) is 10.7 Å². The second kappa shape index (κ2) is 4.89. The number of aromatic nitrogens is 3. The Labute approximate surface area is 104 Å². The lowest BCUT2D eigenvalue weighted by molar-refractivity contribution is 0.692. The minimum absolute atomic E-state index is 0.533. The molecule has 0 unspecified atom stereocenters. The third-order valence-corrected chi connectivity index (χ3v) is 3.51. The van der Waals surface area contributed by atoms with Crippen molar-refractivity contribution < 1.29 is 0 Å². The van der Waals surface area contributed by atoms with Crippen LogP contribution in [0.2, 0.25) is 5.15 Å². The van der Waals surface area contributed by atoms with Gasteiger partial charge in [0.15, 0.2) is 0 Å². The number of nitrogens with zero attached hydrogens (tertiary/aromatic N) is 3. The molecule has 2 rings (SSSR count). The van der Waals surface area contributed by atoms with Crippen molar-refractivity contribution in [1.29, 1.82) is 0 Å². The van der Waals surface area contributed by atoms with Crippen molar-refractivity contribution in [2.24, 2.45) is 7.05 Å². The van der Waals surface area contributed by atoms with E-state index in [1.165, 1.54) is 0 Å². The van der Waals surface area contributed by atoms with Gasteiger partial charge in [-0.1, -0.05) is 17.7 Å². The summed E-state index contributed by atoms with van der Waals surface area (Å²) in [5, 5.41) is 5.99. The fourth-order valence-corrected chi connectivity index (χ4v) is 2.45. The lowest BCUT2D eigenvalue weighted by Crippen LogP contribution is -1.92. The summed E-state index contributed by atoms with van der Waals surface area (Å²) >= 11 is 7.47. The van der Waals surface area contributed by atoms with Crippen LogP contribution in [0.1, 0.15) is 11.3 Å². The molecule has 84 valence electrons. The molecule has 2 aromatic heterocycles. The van der Waals surface area contributed by atoms with Crippen molar-refractivity contribution in [3.63, 3.8) is 0 Å². The lowest BCUT2D eigenvalue weighted by Gasteiger charge is -2.01. The maximum Gasteiger partial charge on any atom is 0.129 e. The van der Waals surface area contributed by atoms with E-state index in [9.17, 15) is 0 Å². The highest BCUT2D eigenvalue weighted by atomic mass is 35.5. The van der Waals surface area contributed by atoms with Crippen LogP contribution < -0.4 is 0 Å². The number of aryl methyl sites for hydroxylation is 2. The molecular formula is C11H12ClN3S. The number of halogens is 1. The quantitative estimate of drug-likeness (QED) is 0.622. The Morgan fingerprint density at radius 3 is 2.81 bits per heavy atom. The molecule has 0 aromatic carbocycles. The molecule has 0 radical (unpaired) electrons. The Morgan fingerprint density at radius 1 is 1.44 bits per heavy atom. The molecule has 0 bridgehead atoms. The third-order valence-electron chi connectivity index (χ3n) is 2.13. The molecular weight excluding hydrogens is 242 g/mol. The van der Waals surface area contributed by atoms with E-state index in [1.54, 1.807) is 18.0 Å². The van der Waals surface area contributed by atoms with Gasteiger partial charge in [0, 0.05) is 19.0 Å². The van der Waals surface area contributed by atoms with E-state index < -0.39 is 0 Å². The van der Waals surface area contributed by atoms with Crippen molar-refractivity contribution in [2.45, 2.75) is 17.7 Å². The fourth-order valence-electron chi connectivity index (χ4n) is 1.37. The standard InChI is InChI=1S/C11H12ClN3S/c1-8-5-11(15(2)14-8)16-7-9-3-4-10(12)13-6-9/h3-6H,7H2,1-2H3. The highest BCUT2D eigenvalue weighted by Crippen LogP contribution is 2.22. The molecule has 0 saturated carbocycles. The number of rotatable bonds is 3. The Kier molecular flexibility index (Phi) is 3.51. The molecule has 2 aromatic rings. The summed E-state index contributed by atoms with van der Waals surface area (Å²) in [6.07, 6.45) is 1.80. The van der Waals surface area contributed by atoms with Crippen molar-refractivity contribution in [3.05, 3.63) is 40.8 Å². The molecule has 2 heterocycles. The zero-order chi connectivity index (χ0) is 11.5. The first-order valence-corrected chi connectivity index (χ1v) is 6.25. The second-order valence-corrected chi connectivity index (χ2v) is 4.91. The maximum atomic E-state index is 5.73. The average molecular weight is 254 g/mol. The first-order chi connectivity index (χ1) is 7.65. The average Bonchev–Trinajstić information content (AvgIpc) is 2.57.